The van der Waals surface area contributed by atoms with Crippen molar-refractivity contribution in [2.45, 2.75) is 6.54 Å². The summed E-state index contributed by atoms with van der Waals surface area (Å²) in [5, 5.41) is 23.1. The molecular weight excluding hydrogens is 380 g/mol. The van der Waals surface area contributed by atoms with Gasteiger partial charge in [0, 0.05) is 10.7 Å². The van der Waals surface area contributed by atoms with E-state index >= 15 is 0 Å². The zero-order chi connectivity index (χ0) is 17.1. The molecule has 0 unspecified atom stereocenters. The van der Waals surface area contributed by atoms with E-state index in [1.54, 1.807) is 10.9 Å². The molecule has 0 aliphatic carbocycles. The number of halogens is 1. The van der Waals surface area contributed by atoms with Crippen molar-refractivity contribution >= 4 is 33.3 Å². The van der Waals surface area contributed by atoms with E-state index in [0.29, 0.717) is 12.2 Å². The number of carbonyl (C=O) groups excluding carboxylic acids is 1. The molecule has 10 heteroatoms. The van der Waals surface area contributed by atoms with E-state index in [1.165, 1.54) is 6.20 Å². The predicted octanol–water partition coefficient (Wildman–Crippen LogP) is 2.58. The number of hydrogen-bond donors (Lipinski definition) is 2. The molecule has 0 radical (unpaired) electrons. The van der Waals surface area contributed by atoms with Crippen molar-refractivity contribution in [2.24, 2.45) is 0 Å². The molecule has 9 nitrogen and oxygen atoms in total. The molecule has 0 bridgehead atoms. The number of anilines is 1. The molecule has 0 atom stereocenters. The van der Waals surface area contributed by atoms with E-state index in [1.807, 2.05) is 24.3 Å². The highest BCUT2D eigenvalue weighted by Crippen LogP contribution is 2.14. The Balaban J connectivity index is 1.65. The lowest BCUT2D eigenvalue weighted by Gasteiger charge is -2.02. The van der Waals surface area contributed by atoms with Gasteiger partial charge in [-0.15, -0.1) is 5.10 Å². The number of nitrogens with one attached hydrogen (secondary N) is 2. The molecule has 3 aromatic rings. The minimum atomic E-state index is -0.653. The van der Waals surface area contributed by atoms with E-state index < -0.39 is 10.8 Å². The number of nitrogens with zero attached hydrogens (tertiary/aromatic N) is 4. The highest BCUT2D eigenvalue weighted by atomic mass is 79.9. The van der Waals surface area contributed by atoms with Crippen LogP contribution in [0, 0.1) is 10.1 Å². The first-order chi connectivity index (χ1) is 11.5. The van der Waals surface area contributed by atoms with E-state index in [0.717, 1.165) is 16.1 Å². The molecule has 0 spiro atoms. The van der Waals surface area contributed by atoms with Gasteiger partial charge in [-0.3, -0.25) is 9.48 Å². The molecule has 2 aromatic heterocycles. The van der Waals surface area contributed by atoms with Crippen molar-refractivity contribution in [1.29, 1.82) is 0 Å². The van der Waals surface area contributed by atoms with Gasteiger partial charge in [0.05, 0.1) is 24.5 Å². The maximum Gasteiger partial charge on any atom is 0.343 e. The summed E-state index contributed by atoms with van der Waals surface area (Å²) in [6.45, 7) is 0.553. The van der Waals surface area contributed by atoms with E-state index in [-0.39, 0.29) is 11.5 Å². The largest absolute Gasteiger partial charge is 0.358 e. The quantitative estimate of drug-likeness (QED) is 0.512. The number of carbonyl (C=O) groups is 1. The number of rotatable bonds is 5. The third-order valence-corrected chi connectivity index (χ3v) is 3.67. The van der Waals surface area contributed by atoms with Gasteiger partial charge in [-0.1, -0.05) is 33.2 Å². The van der Waals surface area contributed by atoms with Crippen LogP contribution in [0.1, 0.15) is 16.1 Å². The minimum absolute atomic E-state index is 0.0673. The van der Waals surface area contributed by atoms with Gasteiger partial charge in [-0.2, -0.15) is 5.10 Å². The lowest BCUT2D eigenvalue weighted by Crippen LogP contribution is -2.11. The summed E-state index contributed by atoms with van der Waals surface area (Å²) in [6, 6.07) is 8.87. The summed E-state index contributed by atoms with van der Waals surface area (Å²) in [7, 11) is 0. The van der Waals surface area contributed by atoms with Gasteiger partial charge in [0.25, 0.3) is 5.91 Å². The Morgan fingerprint density at radius 3 is 2.79 bits per heavy atom. The zero-order valence-corrected chi connectivity index (χ0v) is 13.7. The zero-order valence-electron chi connectivity index (χ0n) is 12.1. The lowest BCUT2D eigenvalue weighted by molar-refractivity contribution is -0.389. The molecule has 1 amide bonds. The van der Waals surface area contributed by atoms with Crippen LogP contribution in [0.5, 0.6) is 0 Å². The highest BCUT2D eigenvalue weighted by molar-refractivity contribution is 9.10. The number of hydrogen-bond acceptors (Lipinski definition) is 5. The van der Waals surface area contributed by atoms with E-state index in [4.69, 9.17) is 0 Å². The van der Waals surface area contributed by atoms with Crippen LogP contribution in [0.25, 0.3) is 0 Å². The van der Waals surface area contributed by atoms with Gasteiger partial charge in [-0.25, -0.2) is 0 Å². The molecule has 3 rings (SSSR count). The van der Waals surface area contributed by atoms with Gasteiger partial charge in [0.2, 0.25) is 0 Å². The van der Waals surface area contributed by atoms with E-state index in [9.17, 15) is 14.9 Å². The first kappa shape index (κ1) is 15.9. The number of benzene rings is 1. The second-order valence-electron chi connectivity index (χ2n) is 4.90. The number of H-pyrrole nitrogens is 1. The van der Waals surface area contributed by atoms with Crippen LogP contribution in [0.15, 0.2) is 47.2 Å². The topological polar surface area (TPSA) is 119 Å². The van der Waals surface area contributed by atoms with Crippen LogP contribution in [-0.2, 0) is 6.54 Å². The molecule has 24 heavy (non-hydrogen) atoms. The number of amides is 1. The van der Waals surface area contributed by atoms with Crippen LogP contribution in [-0.4, -0.2) is 30.8 Å². The third-order valence-electron chi connectivity index (χ3n) is 3.14. The van der Waals surface area contributed by atoms with Crippen LogP contribution < -0.4 is 5.32 Å². The Bertz CT molecular complexity index is 886. The summed E-state index contributed by atoms with van der Waals surface area (Å²) in [5.74, 6) is -0.895. The SMILES string of the molecule is O=C(Nc1cnn(Cc2ccc(Br)cc2)c1)c1cc([N+](=O)[O-])[nH]n1. The Labute approximate surface area is 144 Å². The average molecular weight is 391 g/mol. The number of aromatic amines is 1. The maximum atomic E-state index is 12.0. The summed E-state index contributed by atoms with van der Waals surface area (Å²) in [4.78, 5) is 21.9. The molecule has 0 aliphatic rings. The lowest BCUT2D eigenvalue weighted by atomic mass is 10.2. The summed E-state index contributed by atoms with van der Waals surface area (Å²) < 4.78 is 2.67. The van der Waals surface area contributed by atoms with Gasteiger partial charge in [0.1, 0.15) is 0 Å². The first-order valence-corrected chi connectivity index (χ1v) is 7.58. The molecule has 2 N–H and O–H groups in total. The van der Waals surface area contributed by atoms with Crippen molar-refractivity contribution in [2.75, 3.05) is 5.32 Å². The van der Waals surface area contributed by atoms with Crippen molar-refractivity contribution in [3.05, 3.63) is 68.6 Å². The molecule has 1 aromatic carbocycles. The molecule has 122 valence electrons. The number of aromatic nitrogens is 4. The van der Waals surface area contributed by atoms with Gasteiger partial charge < -0.3 is 15.4 Å². The molecule has 0 saturated carbocycles. The fraction of sp³-hybridized carbons (Fsp3) is 0.0714. The minimum Gasteiger partial charge on any atom is -0.358 e. The summed E-state index contributed by atoms with van der Waals surface area (Å²) >= 11 is 3.37. The average Bonchev–Trinajstić information content (AvgIpc) is 3.19. The van der Waals surface area contributed by atoms with Crippen molar-refractivity contribution in [3.8, 4) is 0 Å². The van der Waals surface area contributed by atoms with Crippen molar-refractivity contribution < 1.29 is 9.72 Å². The fourth-order valence-electron chi connectivity index (χ4n) is 2.01. The first-order valence-electron chi connectivity index (χ1n) is 6.79. The second-order valence-corrected chi connectivity index (χ2v) is 5.82. The van der Waals surface area contributed by atoms with Crippen LogP contribution >= 0.6 is 15.9 Å². The van der Waals surface area contributed by atoms with Gasteiger partial charge in [0.15, 0.2) is 5.69 Å². The van der Waals surface area contributed by atoms with Gasteiger partial charge >= 0.3 is 5.82 Å². The smallest absolute Gasteiger partial charge is 0.343 e. The number of nitro groups is 1. The fourth-order valence-corrected chi connectivity index (χ4v) is 2.27. The normalized spacial score (nSPS) is 10.5. The Morgan fingerprint density at radius 2 is 2.12 bits per heavy atom. The standard InChI is InChI=1S/C14H11BrN6O3/c15-10-3-1-9(2-4-10)7-20-8-11(6-16-20)17-14(22)12-5-13(19-18-12)21(23)24/h1-6,8H,7H2,(H,17,22)(H,18,19). The Hall–Kier alpha value is -3.01. The summed E-state index contributed by atoms with van der Waals surface area (Å²) in [5.41, 5.74) is 1.47. The van der Waals surface area contributed by atoms with Crippen LogP contribution in [0.3, 0.4) is 0 Å². The van der Waals surface area contributed by atoms with Crippen molar-refractivity contribution in [1.82, 2.24) is 20.0 Å². The van der Waals surface area contributed by atoms with Gasteiger partial charge in [-0.05, 0) is 22.6 Å². The molecule has 0 fully saturated rings. The summed E-state index contributed by atoms with van der Waals surface area (Å²) in [6.07, 6.45) is 3.17. The monoisotopic (exact) mass is 390 g/mol. The molecule has 2 heterocycles. The third kappa shape index (κ3) is 3.66. The molecule has 0 saturated heterocycles. The van der Waals surface area contributed by atoms with E-state index in [2.05, 4.69) is 36.5 Å². The maximum absolute atomic E-state index is 12.0. The predicted molar refractivity (Wildman–Crippen MR) is 88.7 cm³/mol. The van der Waals surface area contributed by atoms with Crippen LogP contribution in [0.4, 0.5) is 11.5 Å². The second kappa shape index (κ2) is 6.62. The highest BCUT2D eigenvalue weighted by Gasteiger charge is 2.17. The Kier molecular flexibility index (Phi) is 4.38. The molecular formula is C14H11BrN6O3. The van der Waals surface area contributed by atoms with Crippen LogP contribution in [0.2, 0.25) is 0 Å². The molecule has 0 aliphatic heterocycles. The Morgan fingerprint density at radius 1 is 1.38 bits per heavy atom. The van der Waals surface area contributed by atoms with Crippen molar-refractivity contribution in [3.63, 3.8) is 0 Å².